The second kappa shape index (κ2) is 5.98. The number of benzene rings is 1. The van der Waals surface area contributed by atoms with Crippen molar-refractivity contribution >= 4 is 18.9 Å². The summed E-state index contributed by atoms with van der Waals surface area (Å²) in [6, 6.07) is 3.97. The number of ether oxygens (including phenoxy) is 1. The smallest absolute Gasteiger partial charge is 0.394 e. The van der Waals surface area contributed by atoms with Gasteiger partial charge in [-0.25, -0.2) is 9.55 Å². The summed E-state index contributed by atoms with van der Waals surface area (Å²) in [4.78, 5) is 22.3. The van der Waals surface area contributed by atoms with E-state index in [4.69, 9.17) is 19.0 Å². The molecule has 1 aliphatic rings. The van der Waals surface area contributed by atoms with Gasteiger partial charge in [-0.15, -0.1) is 0 Å². The van der Waals surface area contributed by atoms with Gasteiger partial charge in [0.15, 0.2) is 0 Å². The molecule has 1 aromatic carbocycles. The van der Waals surface area contributed by atoms with E-state index in [0.29, 0.717) is 0 Å². The molecule has 126 valence electrons. The zero-order chi connectivity index (χ0) is 16.8. The largest absolute Gasteiger partial charge is 0.469 e. The Bertz CT molecular complexity index is 770. The van der Waals surface area contributed by atoms with E-state index in [1.54, 1.807) is 10.9 Å². The number of hydrogen-bond donors (Lipinski definition) is 3. The maximum absolute atomic E-state index is 11.1. The van der Waals surface area contributed by atoms with Crippen LogP contribution in [0.4, 0.5) is 0 Å². The molecule has 2 heterocycles. The standard InChI is InChI=1S/C14H19N2O6P/c1-8-3-10-11(4-9(8)2)16(7-15-10)14-5-12(13(6-17)21-14)22-23(18,19)20/h3-4,7,12-14,17H,5-6H2,1-2H3,(H2,18,19,20)/t12-,13+,14-/m0/s1. The monoisotopic (exact) mass is 342 g/mol. The zero-order valence-corrected chi connectivity index (χ0v) is 13.7. The Labute approximate surface area is 132 Å². The van der Waals surface area contributed by atoms with Gasteiger partial charge in [-0.05, 0) is 37.1 Å². The molecule has 9 heteroatoms. The maximum Gasteiger partial charge on any atom is 0.469 e. The van der Waals surface area contributed by atoms with E-state index in [1.165, 1.54) is 0 Å². The van der Waals surface area contributed by atoms with E-state index in [0.717, 1.165) is 22.2 Å². The summed E-state index contributed by atoms with van der Waals surface area (Å²) in [5.41, 5.74) is 3.92. The van der Waals surface area contributed by atoms with Crippen molar-refractivity contribution in [1.29, 1.82) is 0 Å². The van der Waals surface area contributed by atoms with Crippen LogP contribution in [0.15, 0.2) is 18.5 Å². The number of hydrogen-bond acceptors (Lipinski definition) is 5. The van der Waals surface area contributed by atoms with Gasteiger partial charge in [0, 0.05) is 6.42 Å². The summed E-state index contributed by atoms with van der Waals surface area (Å²) < 4.78 is 23.3. The second-order valence-electron chi connectivity index (χ2n) is 5.76. The number of aromatic nitrogens is 2. The molecule has 2 aromatic rings. The lowest BCUT2D eigenvalue weighted by atomic mass is 10.1. The number of fused-ring (bicyclic) bond motifs is 1. The summed E-state index contributed by atoms with van der Waals surface area (Å²) in [7, 11) is -4.65. The Balaban J connectivity index is 1.91. The van der Waals surface area contributed by atoms with Gasteiger partial charge in [0.2, 0.25) is 0 Å². The van der Waals surface area contributed by atoms with Crippen LogP contribution >= 0.6 is 7.82 Å². The molecule has 1 saturated heterocycles. The fraction of sp³-hybridized carbons (Fsp3) is 0.500. The molecule has 0 radical (unpaired) electrons. The molecule has 3 atom stereocenters. The minimum atomic E-state index is -4.65. The molecule has 0 saturated carbocycles. The number of imidazole rings is 1. The van der Waals surface area contributed by atoms with Crippen molar-refractivity contribution in [3.05, 3.63) is 29.6 Å². The molecule has 3 rings (SSSR count). The summed E-state index contributed by atoms with van der Waals surface area (Å²) in [5.74, 6) is 0. The molecule has 0 amide bonds. The number of phosphoric ester groups is 1. The fourth-order valence-corrected chi connectivity index (χ4v) is 3.41. The number of rotatable bonds is 4. The first-order valence-electron chi connectivity index (χ1n) is 7.22. The van der Waals surface area contributed by atoms with Crippen molar-refractivity contribution in [3.8, 4) is 0 Å². The highest BCUT2D eigenvalue weighted by molar-refractivity contribution is 7.46. The van der Waals surface area contributed by atoms with Crippen LogP contribution in [-0.2, 0) is 13.8 Å². The molecule has 1 aromatic heterocycles. The summed E-state index contributed by atoms with van der Waals surface area (Å²) >= 11 is 0. The van der Waals surface area contributed by atoms with Gasteiger partial charge < -0.3 is 24.2 Å². The molecule has 3 N–H and O–H groups in total. The van der Waals surface area contributed by atoms with Crippen molar-refractivity contribution < 1.29 is 28.7 Å². The topological polar surface area (TPSA) is 114 Å². The minimum Gasteiger partial charge on any atom is -0.394 e. The quantitative estimate of drug-likeness (QED) is 0.720. The van der Waals surface area contributed by atoms with Gasteiger partial charge in [0.1, 0.15) is 18.4 Å². The fourth-order valence-electron chi connectivity index (χ4n) is 2.83. The van der Waals surface area contributed by atoms with Gasteiger partial charge >= 0.3 is 7.82 Å². The molecule has 8 nitrogen and oxygen atoms in total. The van der Waals surface area contributed by atoms with Crippen molar-refractivity contribution in [3.63, 3.8) is 0 Å². The Morgan fingerprint density at radius 3 is 2.74 bits per heavy atom. The average molecular weight is 342 g/mol. The molecular weight excluding hydrogens is 323 g/mol. The van der Waals surface area contributed by atoms with Crippen LogP contribution in [0.3, 0.4) is 0 Å². The van der Waals surface area contributed by atoms with Gasteiger partial charge in [0.05, 0.1) is 24.0 Å². The van der Waals surface area contributed by atoms with Crippen LogP contribution in [0.5, 0.6) is 0 Å². The van der Waals surface area contributed by atoms with Crippen molar-refractivity contribution in [1.82, 2.24) is 9.55 Å². The minimum absolute atomic E-state index is 0.217. The lowest BCUT2D eigenvalue weighted by Gasteiger charge is -2.16. The Morgan fingerprint density at radius 1 is 1.39 bits per heavy atom. The van der Waals surface area contributed by atoms with Gasteiger partial charge in [-0.3, -0.25) is 4.52 Å². The third-order valence-corrected chi connectivity index (χ3v) is 4.68. The van der Waals surface area contributed by atoms with E-state index >= 15 is 0 Å². The van der Waals surface area contributed by atoms with Crippen LogP contribution in [0, 0.1) is 13.8 Å². The number of aliphatic hydroxyl groups is 1. The van der Waals surface area contributed by atoms with E-state index in [1.807, 2.05) is 26.0 Å². The normalized spacial score (nSPS) is 25.3. The molecule has 0 bridgehead atoms. The first-order valence-corrected chi connectivity index (χ1v) is 8.75. The van der Waals surface area contributed by atoms with Crippen LogP contribution in [0.1, 0.15) is 23.8 Å². The summed E-state index contributed by atoms with van der Waals surface area (Å²) in [6.07, 6.45) is -0.334. The van der Waals surface area contributed by atoms with E-state index < -0.39 is 26.3 Å². The SMILES string of the molecule is Cc1cc2ncn([C@@H]3C[C@H](OP(=O)(O)O)[C@@H](CO)O3)c2cc1C. The Kier molecular flexibility index (Phi) is 4.31. The second-order valence-corrected chi connectivity index (χ2v) is 6.95. The molecule has 0 unspecified atom stereocenters. The van der Waals surface area contributed by atoms with E-state index in [-0.39, 0.29) is 13.0 Å². The number of nitrogens with zero attached hydrogens (tertiary/aromatic N) is 2. The Hall–Kier alpha value is -1.28. The van der Waals surface area contributed by atoms with Crippen molar-refractivity contribution in [2.45, 2.75) is 38.7 Å². The molecule has 23 heavy (non-hydrogen) atoms. The number of aryl methyl sites for hydroxylation is 2. The first kappa shape index (κ1) is 16.6. The molecule has 0 aliphatic carbocycles. The lowest BCUT2D eigenvalue weighted by molar-refractivity contribution is -0.0424. The summed E-state index contributed by atoms with van der Waals surface area (Å²) in [5, 5.41) is 9.36. The third-order valence-electron chi connectivity index (χ3n) is 4.13. The first-order chi connectivity index (χ1) is 10.8. The zero-order valence-electron chi connectivity index (χ0n) is 12.8. The highest BCUT2D eigenvalue weighted by atomic mass is 31.2. The van der Waals surface area contributed by atoms with Crippen LogP contribution in [-0.4, -0.2) is 43.3 Å². The van der Waals surface area contributed by atoms with Gasteiger partial charge in [0.25, 0.3) is 0 Å². The highest BCUT2D eigenvalue weighted by Crippen LogP contribution is 2.44. The predicted octanol–water partition coefficient (Wildman–Crippen LogP) is 1.41. The lowest BCUT2D eigenvalue weighted by Crippen LogP contribution is -2.26. The Morgan fingerprint density at radius 2 is 2.09 bits per heavy atom. The van der Waals surface area contributed by atoms with Gasteiger partial charge in [-0.1, -0.05) is 0 Å². The predicted molar refractivity (Wildman–Crippen MR) is 81.7 cm³/mol. The van der Waals surface area contributed by atoms with Gasteiger partial charge in [-0.2, -0.15) is 0 Å². The number of phosphoric acid groups is 1. The van der Waals surface area contributed by atoms with Crippen LogP contribution < -0.4 is 0 Å². The van der Waals surface area contributed by atoms with Crippen molar-refractivity contribution in [2.24, 2.45) is 0 Å². The third kappa shape index (κ3) is 3.33. The molecule has 1 aliphatic heterocycles. The molecule has 1 fully saturated rings. The van der Waals surface area contributed by atoms with Crippen molar-refractivity contribution in [2.75, 3.05) is 6.61 Å². The maximum atomic E-state index is 11.1. The van der Waals surface area contributed by atoms with E-state index in [9.17, 15) is 9.67 Å². The average Bonchev–Trinajstić information content (AvgIpc) is 3.01. The molecule has 0 spiro atoms. The van der Waals surface area contributed by atoms with E-state index in [2.05, 4.69) is 4.98 Å². The van der Waals surface area contributed by atoms with Crippen LogP contribution in [0.25, 0.3) is 11.0 Å². The number of aliphatic hydroxyl groups excluding tert-OH is 1. The van der Waals surface area contributed by atoms with Crippen LogP contribution in [0.2, 0.25) is 0 Å². The highest BCUT2D eigenvalue weighted by Gasteiger charge is 2.40. The summed E-state index contributed by atoms with van der Waals surface area (Å²) in [6.45, 7) is 3.62. The molecular formula is C14H19N2O6P.